The molecule has 2 unspecified atom stereocenters. The van der Waals surface area contributed by atoms with Crippen LogP contribution in [0.3, 0.4) is 0 Å². The highest BCUT2D eigenvalue weighted by Gasteiger charge is 2.33. The van der Waals surface area contributed by atoms with Gasteiger partial charge in [0.1, 0.15) is 51.5 Å². The van der Waals surface area contributed by atoms with Crippen LogP contribution in [0.2, 0.25) is 0 Å². The molecule has 8 rings (SSSR count). The van der Waals surface area contributed by atoms with Gasteiger partial charge in [-0.1, -0.05) is 24.3 Å². The lowest BCUT2D eigenvalue weighted by Gasteiger charge is -2.28. The summed E-state index contributed by atoms with van der Waals surface area (Å²) in [6.45, 7) is 0.903. The van der Waals surface area contributed by atoms with Crippen molar-refractivity contribution >= 4 is 33.9 Å². The molecule has 0 spiro atoms. The summed E-state index contributed by atoms with van der Waals surface area (Å²) in [5, 5.41) is 42.8. The van der Waals surface area contributed by atoms with Gasteiger partial charge in [0, 0.05) is 43.4 Å². The van der Waals surface area contributed by atoms with Crippen molar-refractivity contribution in [2.75, 3.05) is 26.9 Å². The Labute approximate surface area is 332 Å². The van der Waals surface area contributed by atoms with Gasteiger partial charge < -0.3 is 40.0 Å². The number of benzene rings is 2. The molecule has 18 heteroatoms. The number of carbonyl (C=O) groups is 2. The normalized spacial score (nSPS) is 15.2. The molecular weight excluding hydrogens is 776 g/mol. The monoisotopic (exact) mass is 813 g/mol. The molecule has 6 heterocycles. The molecule has 0 aliphatic carbocycles. The Morgan fingerprint density at radius 3 is 1.59 bits per heavy atom. The molecule has 4 aromatic heterocycles. The van der Waals surface area contributed by atoms with Crippen molar-refractivity contribution in [3.05, 3.63) is 127 Å². The fourth-order valence-corrected chi connectivity index (χ4v) is 7.03. The smallest absolute Gasteiger partial charge is 0.347 e. The largest absolute Gasteiger partial charge is 0.505 e. The van der Waals surface area contributed by atoms with Gasteiger partial charge in [-0.2, -0.15) is 0 Å². The third kappa shape index (κ3) is 7.50. The number of carbonyl (C=O) groups excluding carboxylic acids is 2. The van der Waals surface area contributed by atoms with E-state index < -0.39 is 57.8 Å². The number of halogens is 2. The van der Waals surface area contributed by atoms with Gasteiger partial charge in [0.05, 0.1) is 32.9 Å². The Balaban J connectivity index is 0.000000179. The van der Waals surface area contributed by atoms with Gasteiger partial charge >= 0.3 is 5.97 Å². The third-order valence-corrected chi connectivity index (χ3v) is 9.84. The van der Waals surface area contributed by atoms with Crippen molar-refractivity contribution in [1.82, 2.24) is 24.4 Å². The van der Waals surface area contributed by atoms with Gasteiger partial charge in [-0.25, -0.2) is 13.6 Å². The van der Waals surface area contributed by atoms with E-state index in [9.17, 15) is 48.4 Å². The number of hydrogen-bond acceptors (Lipinski definition) is 13. The van der Waals surface area contributed by atoms with Crippen molar-refractivity contribution in [3.8, 4) is 23.0 Å². The van der Waals surface area contributed by atoms with Gasteiger partial charge in [-0.05, 0) is 42.3 Å². The topological polar surface area (TPSA) is 225 Å². The maximum absolute atomic E-state index is 13.2. The standard InChI is InChI=1S/C21H19FN2O6.C20H18FN3O5/c1-2-29-21(28)15-18(26)16-17-19(30-14(10-25)9-24(17)20(15)27)12(8-23-16)7-11-3-5-13(22)6-4-11;1-22-19(27)14-17(26)15-16-18(29-13(9-25)8-24(16)20(14)28)11(7-23-15)6-10-2-4-12(21)5-3-10/h3-6,8,14,25-26H,2,7,9-10H2,1H3;2-5,7,13,25-26H,6,8-9H2,1H3,(H,22,27). The molecule has 2 aliphatic rings. The zero-order valence-corrected chi connectivity index (χ0v) is 31.6. The molecule has 306 valence electrons. The minimum absolute atomic E-state index is 0.00475. The molecule has 16 nitrogen and oxygen atoms in total. The average molecular weight is 814 g/mol. The summed E-state index contributed by atoms with van der Waals surface area (Å²) < 4.78 is 45.6. The molecule has 2 aliphatic heterocycles. The number of hydrogen-bond donors (Lipinski definition) is 5. The number of aromatic nitrogens is 4. The lowest BCUT2D eigenvalue weighted by atomic mass is 10.0. The van der Waals surface area contributed by atoms with Crippen LogP contribution in [0.1, 0.15) is 49.9 Å². The minimum Gasteiger partial charge on any atom is -0.505 e. The van der Waals surface area contributed by atoms with Crippen molar-refractivity contribution in [3.63, 3.8) is 0 Å². The quantitative estimate of drug-likeness (QED) is 0.133. The highest BCUT2D eigenvalue weighted by Crippen LogP contribution is 2.39. The van der Waals surface area contributed by atoms with Crippen molar-refractivity contribution in [1.29, 1.82) is 0 Å². The van der Waals surface area contributed by atoms with Crippen LogP contribution >= 0.6 is 0 Å². The summed E-state index contributed by atoms with van der Waals surface area (Å²) in [6, 6.07) is 11.8. The summed E-state index contributed by atoms with van der Waals surface area (Å²) in [4.78, 5) is 58.8. The second-order valence-corrected chi connectivity index (χ2v) is 13.6. The molecule has 2 aromatic carbocycles. The number of pyridine rings is 4. The van der Waals surface area contributed by atoms with E-state index in [0.717, 1.165) is 11.1 Å². The zero-order chi connectivity index (χ0) is 42.1. The van der Waals surface area contributed by atoms with Crippen molar-refractivity contribution in [2.45, 2.75) is 45.1 Å². The molecule has 0 saturated heterocycles. The summed E-state index contributed by atoms with van der Waals surface area (Å²) in [5.74, 6) is -2.94. The summed E-state index contributed by atoms with van der Waals surface area (Å²) in [6.07, 6.45) is 2.16. The molecule has 6 aromatic rings. The zero-order valence-electron chi connectivity index (χ0n) is 31.6. The summed E-state index contributed by atoms with van der Waals surface area (Å²) in [7, 11) is 1.35. The van der Waals surface area contributed by atoms with Crippen LogP contribution in [-0.2, 0) is 30.7 Å². The van der Waals surface area contributed by atoms with E-state index >= 15 is 0 Å². The van der Waals surface area contributed by atoms with Gasteiger partial charge in [-0.15, -0.1) is 0 Å². The molecule has 0 radical (unpaired) electrons. The maximum Gasteiger partial charge on any atom is 0.347 e. The minimum atomic E-state index is -0.948. The number of nitrogens with one attached hydrogen (secondary N) is 1. The predicted molar refractivity (Wildman–Crippen MR) is 206 cm³/mol. The van der Waals surface area contributed by atoms with Gasteiger partial charge in [-0.3, -0.25) is 33.5 Å². The molecule has 0 fully saturated rings. The van der Waals surface area contributed by atoms with Gasteiger partial charge in [0.25, 0.3) is 17.0 Å². The highest BCUT2D eigenvalue weighted by molar-refractivity contribution is 6.02. The predicted octanol–water partition coefficient (Wildman–Crippen LogP) is 2.71. The van der Waals surface area contributed by atoms with Crippen LogP contribution in [0.15, 0.2) is 70.5 Å². The Morgan fingerprint density at radius 2 is 1.19 bits per heavy atom. The second-order valence-electron chi connectivity index (χ2n) is 13.6. The van der Waals surface area contributed by atoms with Crippen molar-refractivity contribution in [2.24, 2.45) is 0 Å². The Morgan fingerprint density at radius 1 is 0.763 bits per heavy atom. The van der Waals surface area contributed by atoms with E-state index in [1.165, 1.54) is 52.8 Å². The number of esters is 1. The number of aliphatic hydroxyl groups excluding tert-OH is 2. The first-order valence-corrected chi connectivity index (χ1v) is 18.4. The van der Waals surface area contributed by atoms with Crippen LogP contribution < -0.4 is 25.9 Å². The van der Waals surface area contributed by atoms with Crippen LogP contribution in [0.4, 0.5) is 8.78 Å². The first-order valence-electron chi connectivity index (χ1n) is 18.4. The van der Waals surface area contributed by atoms with E-state index in [1.807, 2.05) is 0 Å². The molecule has 1 amide bonds. The number of ether oxygens (including phenoxy) is 3. The fraction of sp³-hybridized carbons (Fsp3) is 0.268. The Bertz CT molecular complexity index is 2740. The lowest BCUT2D eigenvalue weighted by molar-refractivity contribution is 0.0518. The lowest BCUT2D eigenvalue weighted by Crippen LogP contribution is -2.40. The number of amides is 1. The van der Waals surface area contributed by atoms with Gasteiger partial charge in [0.2, 0.25) is 0 Å². The van der Waals surface area contributed by atoms with Crippen LogP contribution in [0.25, 0.3) is 22.1 Å². The fourth-order valence-electron chi connectivity index (χ4n) is 7.03. The first-order chi connectivity index (χ1) is 28.4. The van der Waals surface area contributed by atoms with Crippen LogP contribution in [0.5, 0.6) is 23.0 Å². The number of rotatable bonds is 9. The average Bonchev–Trinajstić information content (AvgIpc) is 3.24. The molecule has 0 bridgehead atoms. The van der Waals surface area contributed by atoms with E-state index in [4.69, 9.17) is 14.2 Å². The molecule has 5 N–H and O–H groups in total. The second kappa shape index (κ2) is 16.5. The molecule has 2 atom stereocenters. The van der Waals surface area contributed by atoms with Crippen molar-refractivity contribution < 1.29 is 53.0 Å². The van der Waals surface area contributed by atoms with E-state index in [1.54, 1.807) is 31.2 Å². The summed E-state index contributed by atoms with van der Waals surface area (Å²) in [5.41, 5.74) is 0.953. The van der Waals surface area contributed by atoms with E-state index in [-0.39, 0.29) is 72.4 Å². The number of aliphatic hydroxyl groups is 2. The first kappa shape index (κ1) is 40.3. The third-order valence-electron chi connectivity index (χ3n) is 9.84. The molecular formula is C41H37F2N5O11. The van der Waals surface area contributed by atoms with Crippen LogP contribution in [0, 0.1) is 11.6 Å². The molecule has 59 heavy (non-hydrogen) atoms. The SMILES string of the molecule is CCOC(=O)c1c(O)c2ncc(Cc3ccc(F)cc3)c3c2n(c1=O)CC(CO)O3.CNC(=O)c1c(O)c2ncc(Cc3ccc(F)cc3)c3c2n(c1=O)CC(CO)O3. The summed E-state index contributed by atoms with van der Waals surface area (Å²) >= 11 is 0. The molecule has 0 saturated carbocycles. The Hall–Kier alpha value is -6.92. The van der Waals surface area contributed by atoms with Gasteiger partial charge in [0.15, 0.2) is 28.6 Å². The maximum atomic E-state index is 13.2. The van der Waals surface area contributed by atoms with Crippen LogP contribution in [-0.4, -0.2) is 90.5 Å². The number of nitrogens with zero attached hydrogens (tertiary/aromatic N) is 4. The highest BCUT2D eigenvalue weighted by atomic mass is 19.1. The van der Waals surface area contributed by atoms with E-state index in [0.29, 0.717) is 29.7 Å². The van der Waals surface area contributed by atoms with E-state index in [2.05, 4.69) is 15.3 Å². The Kier molecular flexibility index (Phi) is 11.3. The number of aromatic hydroxyl groups is 2.